The van der Waals surface area contributed by atoms with Crippen LogP contribution in [0, 0.1) is 0 Å². The van der Waals surface area contributed by atoms with Gasteiger partial charge in [0, 0.05) is 32.6 Å². The molecule has 1 fully saturated rings. The van der Waals surface area contributed by atoms with Crippen molar-refractivity contribution < 1.29 is 19.0 Å². The van der Waals surface area contributed by atoms with Crippen LogP contribution in [0.4, 0.5) is 0 Å². The maximum absolute atomic E-state index is 11.9. The van der Waals surface area contributed by atoms with E-state index in [9.17, 15) is 4.79 Å². The molecule has 1 aromatic carbocycles. The molecule has 0 aliphatic carbocycles. The van der Waals surface area contributed by atoms with Crippen LogP contribution in [-0.4, -0.2) is 63.4 Å². The van der Waals surface area contributed by atoms with Crippen LogP contribution in [-0.2, 0) is 16.0 Å². The fraction of sp³-hybridized carbons (Fsp3) is 0.611. The molecule has 0 atom stereocenters. The van der Waals surface area contributed by atoms with Crippen molar-refractivity contribution in [1.29, 1.82) is 0 Å². The van der Waals surface area contributed by atoms with Gasteiger partial charge in [0.2, 0.25) is 5.91 Å². The van der Waals surface area contributed by atoms with Gasteiger partial charge in [-0.15, -0.1) is 0 Å². The summed E-state index contributed by atoms with van der Waals surface area (Å²) in [7, 11) is 0. The molecule has 6 heteroatoms. The Morgan fingerprint density at radius 1 is 1.08 bits per heavy atom. The number of amides is 1. The van der Waals surface area contributed by atoms with Gasteiger partial charge in [0.1, 0.15) is 13.2 Å². The van der Waals surface area contributed by atoms with Gasteiger partial charge in [0.05, 0.1) is 13.2 Å². The summed E-state index contributed by atoms with van der Waals surface area (Å²) in [4.78, 5) is 14.2. The number of nitrogens with zero attached hydrogens (tertiary/aromatic N) is 1. The minimum Gasteiger partial charge on any atom is -0.486 e. The van der Waals surface area contributed by atoms with Gasteiger partial charge in [0.15, 0.2) is 11.5 Å². The third-order valence-electron chi connectivity index (χ3n) is 4.33. The van der Waals surface area contributed by atoms with E-state index >= 15 is 0 Å². The molecule has 2 aliphatic heterocycles. The highest BCUT2D eigenvalue weighted by Crippen LogP contribution is 2.31. The van der Waals surface area contributed by atoms with Gasteiger partial charge in [-0.1, -0.05) is 6.07 Å². The molecule has 24 heavy (non-hydrogen) atoms. The molecule has 0 unspecified atom stereocenters. The van der Waals surface area contributed by atoms with Crippen molar-refractivity contribution in [2.24, 2.45) is 0 Å². The Balaban J connectivity index is 1.31. The Labute approximate surface area is 143 Å². The van der Waals surface area contributed by atoms with E-state index in [1.807, 2.05) is 18.2 Å². The molecule has 2 heterocycles. The van der Waals surface area contributed by atoms with Gasteiger partial charge in [-0.05, 0) is 30.5 Å². The highest BCUT2D eigenvalue weighted by Gasteiger charge is 2.12. The number of hydrogen-bond donors (Lipinski definition) is 1. The molecular weight excluding hydrogens is 308 g/mol. The van der Waals surface area contributed by atoms with Crippen LogP contribution in [0.5, 0.6) is 11.5 Å². The number of hydrogen-bond acceptors (Lipinski definition) is 5. The summed E-state index contributed by atoms with van der Waals surface area (Å²) in [5.41, 5.74) is 1.18. The quantitative estimate of drug-likeness (QED) is 0.813. The van der Waals surface area contributed by atoms with Gasteiger partial charge in [-0.3, -0.25) is 9.69 Å². The minimum atomic E-state index is 0.126. The zero-order valence-corrected chi connectivity index (χ0v) is 14.1. The van der Waals surface area contributed by atoms with Crippen LogP contribution in [0.1, 0.15) is 18.4 Å². The van der Waals surface area contributed by atoms with Crippen molar-refractivity contribution in [3.8, 4) is 11.5 Å². The molecule has 1 amide bonds. The predicted octanol–water partition coefficient (Wildman–Crippen LogP) is 1.23. The van der Waals surface area contributed by atoms with E-state index in [1.54, 1.807) is 0 Å². The summed E-state index contributed by atoms with van der Waals surface area (Å²) >= 11 is 0. The lowest BCUT2D eigenvalue weighted by Gasteiger charge is -2.26. The zero-order chi connectivity index (χ0) is 16.6. The Hall–Kier alpha value is -1.79. The fourth-order valence-electron chi connectivity index (χ4n) is 2.96. The summed E-state index contributed by atoms with van der Waals surface area (Å²) in [5.74, 6) is 1.75. The van der Waals surface area contributed by atoms with E-state index in [-0.39, 0.29) is 5.91 Å². The number of fused-ring (bicyclic) bond motifs is 1. The van der Waals surface area contributed by atoms with E-state index in [2.05, 4.69) is 10.2 Å². The molecule has 1 saturated heterocycles. The van der Waals surface area contributed by atoms with Crippen molar-refractivity contribution in [1.82, 2.24) is 10.2 Å². The number of aryl methyl sites for hydroxylation is 1. The van der Waals surface area contributed by atoms with E-state index in [4.69, 9.17) is 14.2 Å². The Bertz CT molecular complexity index is 544. The highest BCUT2D eigenvalue weighted by molar-refractivity contribution is 5.75. The number of carbonyl (C=O) groups is 1. The SMILES string of the molecule is O=C(CCCc1ccc2c(c1)OCCO2)NCCN1CCOCC1. The minimum absolute atomic E-state index is 0.126. The molecule has 1 aromatic rings. The summed E-state index contributed by atoms with van der Waals surface area (Å²) in [6, 6.07) is 6.01. The van der Waals surface area contributed by atoms with Gasteiger partial charge < -0.3 is 19.5 Å². The lowest BCUT2D eigenvalue weighted by molar-refractivity contribution is -0.121. The summed E-state index contributed by atoms with van der Waals surface area (Å²) in [6.07, 6.45) is 2.26. The average Bonchev–Trinajstić information content (AvgIpc) is 2.62. The molecule has 0 saturated carbocycles. The lowest BCUT2D eigenvalue weighted by Crippen LogP contribution is -2.41. The van der Waals surface area contributed by atoms with Crippen LogP contribution in [0.15, 0.2) is 18.2 Å². The molecule has 0 radical (unpaired) electrons. The molecule has 1 N–H and O–H groups in total. The third-order valence-corrected chi connectivity index (χ3v) is 4.33. The molecule has 3 rings (SSSR count). The van der Waals surface area contributed by atoms with Gasteiger partial charge in [0.25, 0.3) is 0 Å². The third kappa shape index (κ3) is 5.11. The first kappa shape index (κ1) is 17.0. The first-order valence-corrected chi connectivity index (χ1v) is 8.76. The van der Waals surface area contributed by atoms with E-state index in [1.165, 1.54) is 5.56 Å². The standard InChI is InChI=1S/C18H26N2O4/c21-18(19-6-7-20-8-10-22-11-9-20)3-1-2-15-4-5-16-17(14-15)24-13-12-23-16/h4-5,14H,1-3,6-13H2,(H,19,21). The van der Waals surface area contributed by atoms with E-state index < -0.39 is 0 Å². The molecule has 0 spiro atoms. The summed E-state index contributed by atoms with van der Waals surface area (Å²) < 4.78 is 16.4. The number of ether oxygens (including phenoxy) is 3. The second-order valence-electron chi connectivity index (χ2n) is 6.14. The Morgan fingerprint density at radius 3 is 2.71 bits per heavy atom. The molecule has 6 nitrogen and oxygen atoms in total. The van der Waals surface area contributed by atoms with Crippen molar-refractivity contribution in [3.05, 3.63) is 23.8 Å². The molecule has 0 aromatic heterocycles. The maximum Gasteiger partial charge on any atom is 0.220 e. The number of benzene rings is 1. The van der Waals surface area contributed by atoms with Crippen LogP contribution < -0.4 is 14.8 Å². The van der Waals surface area contributed by atoms with Crippen molar-refractivity contribution in [2.45, 2.75) is 19.3 Å². The predicted molar refractivity (Wildman–Crippen MR) is 90.6 cm³/mol. The Kier molecular flexibility index (Phi) is 6.32. The van der Waals surface area contributed by atoms with Gasteiger partial charge >= 0.3 is 0 Å². The normalized spacial score (nSPS) is 17.5. The maximum atomic E-state index is 11.9. The topological polar surface area (TPSA) is 60.0 Å². The van der Waals surface area contributed by atoms with Gasteiger partial charge in [-0.2, -0.15) is 0 Å². The first-order valence-electron chi connectivity index (χ1n) is 8.76. The van der Waals surface area contributed by atoms with Crippen LogP contribution in [0.3, 0.4) is 0 Å². The second-order valence-corrected chi connectivity index (χ2v) is 6.14. The number of carbonyl (C=O) groups excluding carboxylic acids is 1. The smallest absolute Gasteiger partial charge is 0.220 e. The Morgan fingerprint density at radius 2 is 1.88 bits per heavy atom. The van der Waals surface area contributed by atoms with Crippen LogP contribution in [0.25, 0.3) is 0 Å². The van der Waals surface area contributed by atoms with E-state index in [0.717, 1.165) is 57.2 Å². The molecular formula is C18H26N2O4. The van der Waals surface area contributed by atoms with Crippen molar-refractivity contribution >= 4 is 5.91 Å². The fourth-order valence-corrected chi connectivity index (χ4v) is 2.96. The van der Waals surface area contributed by atoms with Crippen molar-refractivity contribution in [3.63, 3.8) is 0 Å². The van der Waals surface area contributed by atoms with Crippen molar-refractivity contribution in [2.75, 3.05) is 52.6 Å². The molecule has 2 aliphatic rings. The number of morpholine rings is 1. The average molecular weight is 334 g/mol. The monoisotopic (exact) mass is 334 g/mol. The number of rotatable bonds is 7. The number of nitrogens with one attached hydrogen (secondary N) is 1. The van der Waals surface area contributed by atoms with E-state index in [0.29, 0.717) is 26.2 Å². The summed E-state index contributed by atoms with van der Waals surface area (Å²) in [6.45, 7) is 6.33. The highest BCUT2D eigenvalue weighted by atomic mass is 16.6. The van der Waals surface area contributed by atoms with Gasteiger partial charge in [-0.25, -0.2) is 0 Å². The zero-order valence-electron chi connectivity index (χ0n) is 14.1. The lowest BCUT2D eigenvalue weighted by atomic mass is 10.1. The molecule has 132 valence electrons. The first-order chi connectivity index (χ1) is 11.8. The summed E-state index contributed by atoms with van der Waals surface area (Å²) in [5, 5.41) is 3.00. The van der Waals surface area contributed by atoms with Crippen LogP contribution >= 0.6 is 0 Å². The molecule has 0 bridgehead atoms. The second kappa shape index (κ2) is 8.89. The van der Waals surface area contributed by atoms with Crippen LogP contribution in [0.2, 0.25) is 0 Å². The largest absolute Gasteiger partial charge is 0.486 e.